The lowest BCUT2D eigenvalue weighted by Gasteiger charge is -2.41. The van der Waals surface area contributed by atoms with Gasteiger partial charge in [-0.05, 0) is 31.4 Å². The highest BCUT2D eigenvalue weighted by Gasteiger charge is 2.35. The molecule has 110 valence electrons. The van der Waals surface area contributed by atoms with Crippen LogP contribution in [-0.4, -0.2) is 41.2 Å². The van der Waals surface area contributed by atoms with Gasteiger partial charge in [-0.15, -0.1) is 0 Å². The van der Waals surface area contributed by atoms with Crippen LogP contribution in [0.25, 0.3) is 0 Å². The number of hydrogen-bond acceptors (Lipinski definition) is 4. The van der Waals surface area contributed by atoms with E-state index in [1.807, 2.05) is 49.1 Å². The topological polar surface area (TPSA) is 49.8 Å². The Balaban J connectivity index is 1.77. The number of esters is 1. The summed E-state index contributed by atoms with van der Waals surface area (Å²) in [4.78, 5) is 13.8. The van der Waals surface area contributed by atoms with E-state index in [2.05, 4.69) is 0 Å². The molecule has 2 atom stereocenters. The van der Waals surface area contributed by atoms with Gasteiger partial charge in [0.05, 0.1) is 12.1 Å². The van der Waals surface area contributed by atoms with Crippen LogP contribution in [0.1, 0.15) is 25.8 Å². The lowest BCUT2D eigenvalue weighted by atomic mass is 9.84. The molecule has 0 bridgehead atoms. The lowest BCUT2D eigenvalue weighted by molar-refractivity contribution is -0.148. The van der Waals surface area contributed by atoms with Gasteiger partial charge in [0.1, 0.15) is 6.61 Å². The number of β-amino-alcohol motifs (C(OH)–C–C–N with tert-alkyl or cyclic N) is 1. The largest absolute Gasteiger partial charge is 0.460 e. The summed E-state index contributed by atoms with van der Waals surface area (Å²) in [6.07, 6.45) is 0.902. The molecule has 0 spiro atoms. The number of ether oxygens (including phenoxy) is 1. The third-order valence-corrected chi connectivity index (χ3v) is 4.08. The van der Waals surface area contributed by atoms with Crippen molar-refractivity contribution >= 4 is 5.97 Å². The van der Waals surface area contributed by atoms with Crippen LogP contribution in [-0.2, 0) is 16.1 Å². The Hall–Kier alpha value is -1.39. The number of piperidine rings is 1. The van der Waals surface area contributed by atoms with Gasteiger partial charge in [0.2, 0.25) is 0 Å². The summed E-state index contributed by atoms with van der Waals surface area (Å²) in [7, 11) is 0. The van der Waals surface area contributed by atoms with Gasteiger partial charge >= 0.3 is 5.97 Å². The van der Waals surface area contributed by atoms with E-state index >= 15 is 0 Å². The van der Waals surface area contributed by atoms with Gasteiger partial charge in [-0.2, -0.15) is 0 Å². The molecule has 1 saturated heterocycles. The highest BCUT2D eigenvalue weighted by molar-refractivity contribution is 5.71. The molecular weight excluding hydrogens is 254 g/mol. The van der Waals surface area contributed by atoms with Gasteiger partial charge in [-0.1, -0.05) is 37.3 Å². The number of rotatable bonds is 4. The van der Waals surface area contributed by atoms with Crippen LogP contribution in [0.15, 0.2) is 30.3 Å². The summed E-state index contributed by atoms with van der Waals surface area (Å²) in [5, 5.41) is 10.2. The monoisotopic (exact) mass is 277 g/mol. The van der Waals surface area contributed by atoms with Gasteiger partial charge in [0.25, 0.3) is 0 Å². The van der Waals surface area contributed by atoms with Crippen LogP contribution in [0.4, 0.5) is 0 Å². The number of aliphatic hydroxyl groups is 1. The van der Waals surface area contributed by atoms with Gasteiger partial charge in [0, 0.05) is 6.54 Å². The summed E-state index contributed by atoms with van der Waals surface area (Å²) < 4.78 is 5.26. The predicted octanol–water partition coefficient (Wildman–Crippen LogP) is 1.82. The molecule has 0 saturated carbocycles. The molecule has 20 heavy (non-hydrogen) atoms. The zero-order valence-electron chi connectivity index (χ0n) is 12.2. The molecule has 0 amide bonds. The predicted molar refractivity (Wildman–Crippen MR) is 77.1 cm³/mol. The molecule has 1 aliphatic heterocycles. The molecular formula is C16H23NO3. The minimum atomic E-state index is -0.724. The highest BCUT2D eigenvalue weighted by atomic mass is 16.5. The lowest BCUT2D eigenvalue weighted by Crippen LogP contribution is -2.52. The number of carbonyl (C=O) groups is 1. The Kier molecular flexibility index (Phi) is 4.78. The number of nitrogens with zero attached hydrogens (tertiary/aromatic N) is 1. The maximum absolute atomic E-state index is 11.8. The Morgan fingerprint density at radius 1 is 1.45 bits per heavy atom. The molecule has 4 nitrogen and oxygen atoms in total. The van der Waals surface area contributed by atoms with E-state index < -0.39 is 5.60 Å². The van der Waals surface area contributed by atoms with Crippen molar-refractivity contribution in [2.75, 3.05) is 19.6 Å². The molecule has 0 unspecified atom stereocenters. The molecule has 0 radical (unpaired) electrons. The minimum absolute atomic E-state index is 0.237. The normalized spacial score (nSPS) is 27.2. The van der Waals surface area contributed by atoms with Crippen LogP contribution in [0.2, 0.25) is 0 Å². The van der Waals surface area contributed by atoms with Crippen molar-refractivity contribution in [3.63, 3.8) is 0 Å². The maximum Gasteiger partial charge on any atom is 0.320 e. The van der Waals surface area contributed by atoms with Crippen LogP contribution >= 0.6 is 0 Å². The van der Waals surface area contributed by atoms with Gasteiger partial charge in [-0.25, -0.2) is 0 Å². The van der Waals surface area contributed by atoms with Gasteiger partial charge in [-0.3, -0.25) is 9.69 Å². The first kappa shape index (κ1) is 15.0. The zero-order chi connectivity index (χ0) is 14.6. The minimum Gasteiger partial charge on any atom is -0.460 e. The molecule has 1 heterocycles. The van der Waals surface area contributed by atoms with Crippen LogP contribution in [0, 0.1) is 5.92 Å². The molecule has 0 aromatic heterocycles. The Bertz CT molecular complexity index is 444. The second-order valence-electron chi connectivity index (χ2n) is 5.90. The summed E-state index contributed by atoms with van der Waals surface area (Å²) >= 11 is 0. The van der Waals surface area contributed by atoms with E-state index in [4.69, 9.17) is 4.74 Å². The summed E-state index contributed by atoms with van der Waals surface area (Å²) in [6.45, 7) is 5.78. The van der Waals surface area contributed by atoms with E-state index in [1.54, 1.807) is 0 Å². The Labute approximate surface area is 120 Å². The molecule has 0 aliphatic carbocycles. The van der Waals surface area contributed by atoms with Crippen LogP contribution < -0.4 is 0 Å². The van der Waals surface area contributed by atoms with Crippen LogP contribution in [0.5, 0.6) is 0 Å². The highest BCUT2D eigenvalue weighted by Crippen LogP contribution is 2.26. The van der Waals surface area contributed by atoms with Crippen molar-refractivity contribution < 1.29 is 14.6 Å². The van der Waals surface area contributed by atoms with E-state index in [1.165, 1.54) is 0 Å². The fraction of sp³-hybridized carbons (Fsp3) is 0.562. The quantitative estimate of drug-likeness (QED) is 0.853. The molecule has 4 heteroatoms. The van der Waals surface area contributed by atoms with E-state index in [0.29, 0.717) is 13.2 Å². The smallest absolute Gasteiger partial charge is 0.320 e. The standard InChI is InChI=1S/C16H23NO3/c1-13-8-9-17(12-16(13,2)19)10-15(18)20-11-14-6-4-3-5-7-14/h3-7,13,19H,8-12H2,1-2H3/t13-,16-/m0/s1. The molecule has 1 aromatic carbocycles. The first-order chi connectivity index (χ1) is 9.47. The van der Waals surface area contributed by atoms with Crippen molar-refractivity contribution in [2.24, 2.45) is 5.92 Å². The Morgan fingerprint density at radius 3 is 2.80 bits per heavy atom. The second kappa shape index (κ2) is 6.37. The first-order valence-electron chi connectivity index (χ1n) is 7.11. The number of likely N-dealkylation sites (tertiary alicyclic amines) is 1. The Morgan fingerprint density at radius 2 is 2.15 bits per heavy atom. The van der Waals surface area contributed by atoms with Crippen molar-refractivity contribution in [1.82, 2.24) is 4.90 Å². The summed E-state index contributed by atoms with van der Waals surface area (Å²) in [5.41, 5.74) is 0.262. The molecule has 1 fully saturated rings. The fourth-order valence-electron chi connectivity index (χ4n) is 2.48. The van der Waals surface area contributed by atoms with E-state index in [9.17, 15) is 9.90 Å². The number of benzene rings is 1. The number of hydrogen-bond donors (Lipinski definition) is 1. The average Bonchev–Trinajstić information content (AvgIpc) is 2.41. The maximum atomic E-state index is 11.8. The first-order valence-corrected chi connectivity index (χ1v) is 7.11. The van der Waals surface area contributed by atoms with Crippen LogP contribution in [0.3, 0.4) is 0 Å². The third-order valence-electron chi connectivity index (χ3n) is 4.08. The molecule has 1 aliphatic rings. The van der Waals surface area contributed by atoms with Crippen molar-refractivity contribution in [1.29, 1.82) is 0 Å². The molecule has 1 aromatic rings. The van der Waals surface area contributed by atoms with Gasteiger partial charge < -0.3 is 9.84 Å². The average molecular weight is 277 g/mol. The van der Waals surface area contributed by atoms with Crippen molar-refractivity contribution in [2.45, 2.75) is 32.5 Å². The second-order valence-corrected chi connectivity index (χ2v) is 5.90. The number of carbonyl (C=O) groups excluding carboxylic acids is 1. The van der Waals surface area contributed by atoms with Gasteiger partial charge in [0.15, 0.2) is 0 Å². The SMILES string of the molecule is C[C@H]1CCN(CC(=O)OCc2ccccc2)C[C@]1(C)O. The zero-order valence-corrected chi connectivity index (χ0v) is 12.2. The van der Waals surface area contributed by atoms with E-state index in [-0.39, 0.29) is 18.4 Å². The van der Waals surface area contributed by atoms with Crippen molar-refractivity contribution in [3.05, 3.63) is 35.9 Å². The van der Waals surface area contributed by atoms with E-state index in [0.717, 1.165) is 18.5 Å². The fourth-order valence-corrected chi connectivity index (χ4v) is 2.48. The summed E-state index contributed by atoms with van der Waals surface area (Å²) in [5.74, 6) is 0.0262. The summed E-state index contributed by atoms with van der Waals surface area (Å²) in [6, 6.07) is 9.64. The molecule has 1 N–H and O–H groups in total. The van der Waals surface area contributed by atoms with Crippen molar-refractivity contribution in [3.8, 4) is 0 Å². The third kappa shape index (κ3) is 4.05. The molecule has 2 rings (SSSR count).